The molecular formula is C14H18N4O2. The molecule has 0 spiro atoms. The third-order valence-electron chi connectivity index (χ3n) is 3.37. The van der Waals surface area contributed by atoms with Gasteiger partial charge in [-0.25, -0.2) is 0 Å². The van der Waals surface area contributed by atoms with Crippen molar-refractivity contribution in [3.05, 3.63) is 41.7 Å². The normalized spacial score (nSPS) is 13.8. The van der Waals surface area contributed by atoms with E-state index in [1.54, 1.807) is 18.7 Å². The minimum Gasteiger partial charge on any atom is -0.364 e. The fraction of sp³-hybridized carbons (Fsp3) is 0.357. The van der Waals surface area contributed by atoms with E-state index < -0.39 is 5.60 Å². The number of ether oxygens (including phenoxy) is 1. The highest BCUT2D eigenvalue weighted by molar-refractivity contribution is 5.96. The summed E-state index contributed by atoms with van der Waals surface area (Å²) in [5, 5.41) is 6.80. The molecule has 1 aromatic carbocycles. The van der Waals surface area contributed by atoms with E-state index in [0.29, 0.717) is 0 Å². The maximum absolute atomic E-state index is 12.5. The number of hydrogen-bond donors (Lipinski definition) is 1. The number of rotatable bonds is 4. The molecule has 2 aromatic rings. The lowest BCUT2D eigenvalue weighted by molar-refractivity contribution is -0.136. The van der Waals surface area contributed by atoms with Crippen LogP contribution in [-0.4, -0.2) is 27.8 Å². The number of carbonyl (C=O) groups excluding carboxylic acids is 1. The summed E-state index contributed by atoms with van der Waals surface area (Å²) in [4.78, 5) is 16.6. The second-order valence-electron chi connectivity index (χ2n) is 4.66. The van der Waals surface area contributed by atoms with E-state index in [2.05, 4.69) is 15.4 Å². The van der Waals surface area contributed by atoms with E-state index >= 15 is 0 Å². The molecule has 6 heteroatoms. The second kappa shape index (κ2) is 5.42. The van der Waals surface area contributed by atoms with E-state index in [1.165, 1.54) is 7.11 Å². The number of carbonyl (C=O) groups is 1. The van der Waals surface area contributed by atoms with Crippen LogP contribution in [0, 0.1) is 6.92 Å². The van der Waals surface area contributed by atoms with Crippen LogP contribution in [0.2, 0.25) is 0 Å². The molecule has 106 valence electrons. The van der Waals surface area contributed by atoms with Gasteiger partial charge in [0.1, 0.15) is 5.82 Å². The lowest BCUT2D eigenvalue weighted by atomic mass is 9.95. The summed E-state index contributed by atoms with van der Waals surface area (Å²) in [6.07, 6.45) is 0. The predicted molar refractivity (Wildman–Crippen MR) is 75.2 cm³/mol. The molecule has 1 heterocycles. The van der Waals surface area contributed by atoms with Gasteiger partial charge in [-0.2, -0.15) is 4.98 Å². The Hall–Kier alpha value is -2.21. The van der Waals surface area contributed by atoms with Crippen molar-refractivity contribution in [3.63, 3.8) is 0 Å². The average Bonchev–Trinajstić information content (AvgIpc) is 2.77. The quantitative estimate of drug-likeness (QED) is 0.920. The van der Waals surface area contributed by atoms with Crippen molar-refractivity contribution in [1.29, 1.82) is 0 Å². The molecule has 0 aliphatic rings. The van der Waals surface area contributed by atoms with Gasteiger partial charge < -0.3 is 4.74 Å². The molecule has 6 nitrogen and oxygen atoms in total. The van der Waals surface area contributed by atoms with E-state index in [1.807, 2.05) is 37.3 Å². The Morgan fingerprint density at radius 1 is 1.35 bits per heavy atom. The molecule has 0 fully saturated rings. The first-order chi connectivity index (χ1) is 9.47. The molecule has 1 N–H and O–H groups in total. The fourth-order valence-electron chi connectivity index (χ4n) is 1.83. The Kier molecular flexibility index (Phi) is 3.85. The highest BCUT2D eigenvalue weighted by Gasteiger charge is 2.35. The highest BCUT2D eigenvalue weighted by Crippen LogP contribution is 2.25. The van der Waals surface area contributed by atoms with Crippen LogP contribution in [0.5, 0.6) is 0 Å². The minimum atomic E-state index is -1.09. The van der Waals surface area contributed by atoms with E-state index in [4.69, 9.17) is 4.74 Å². The van der Waals surface area contributed by atoms with Crippen LogP contribution in [0.4, 0.5) is 5.95 Å². The number of nitrogens with zero attached hydrogens (tertiary/aromatic N) is 3. The standard InChI is InChI=1S/C14H18N4O2/c1-10-15-13(17-18(10)3)16-12(19)14(2,20-4)11-8-6-5-7-9-11/h5-9H,1-4H3,(H,16,17,19)/t14-/m0/s1. The first-order valence-electron chi connectivity index (χ1n) is 6.27. The average molecular weight is 274 g/mol. The predicted octanol–water partition coefficient (Wildman–Crippen LogP) is 1.62. The van der Waals surface area contributed by atoms with Crippen LogP contribution in [0.1, 0.15) is 18.3 Å². The maximum atomic E-state index is 12.5. The number of benzene rings is 1. The van der Waals surface area contributed by atoms with Gasteiger partial charge in [0.15, 0.2) is 5.60 Å². The number of hydrogen-bond acceptors (Lipinski definition) is 4. The third-order valence-corrected chi connectivity index (χ3v) is 3.37. The number of anilines is 1. The second-order valence-corrected chi connectivity index (χ2v) is 4.66. The molecule has 0 unspecified atom stereocenters. The van der Waals surface area contributed by atoms with E-state index in [9.17, 15) is 4.79 Å². The van der Waals surface area contributed by atoms with Gasteiger partial charge in [0.05, 0.1) is 0 Å². The molecule has 0 aliphatic heterocycles. The Morgan fingerprint density at radius 3 is 2.50 bits per heavy atom. The number of aryl methyl sites for hydroxylation is 2. The molecule has 1 amide bonds. The van der Waals surface area contributed by atoms with Crippen molar-refractivity contribution in [2.24, 2.45) is 7.05 Å². The Labute approximate surface area is 117 Å². The summed E-state index contributed by atoms with van der Waals surface area (Å²) < 4.78 is 7.02. The summed E-state index contributed by atoms with van der Waals surface area (Å²) in [6, 6.07) is 9.31. The van der Waals surface area contributed by atoms with Gasteiger partial charge in [-0.15, -0.1) is 5.10 Å². The summed E-state index contributed by atoms with van der Waals surface area (Å²) in [7, 11) is 3.27. The van der Waals surface area contributed by atoms with Crippen LogP contribution in [-0.2, 0) is 22.2 Å². The Balaban J connectivity index is 2.25. The van der Waals surface area contributed by atoms with Crippen molar-refractivity contribution in [2.45, 2.75) is 19.4 Å². The summed E-state index contributed by atoms with van der Waals surface area (Å²) in [5.74, 6) is 0.685. The number of nitrogens with one attached hydrogen (secondary N) is 1. The fourth-order valence-corrected chi connectivity index (χ4v) is 1.83. The summed E-state index contributed by atoms with van der Waals surface area (Å²) in [5.41, 5.74) is -0.318. The van der Waals surface area contributed by atoms with Gasteiger partial charge in [-0.3, -0.25) is 14.8 Å². The van der Waals surface area contributed by atoms with E-state index in [0.717, 1.165) is 11.4 Å². The molecule has 0 saturated carbocycles. The van der Waals surface area contributed by atoms with Gasteiger partial charge in [0.2, 0.25) is 5.95 Å². The van der Waals surface area contributed by atoms with Gasteiger partial charge in [-0.1, -0.05) is 30.3 Å². The lowest BCUT2D eigenvalue weighted by Gasteiger charge is -2.26. The van der Waals surface area contributed by atoms with Gasteiger partial charge in [0, 0.05) is 14.2 Å². The van der Waals surface area contributed by atoms with E-state index in [-0.39, 0.29) is 11.9 Å². The third kappa shape index (κ3) is 2.55. The lowest BCUT2D eigenvalue weighted by Crippen LogP contribution is -2.39. The molecule has 0 aliphatic carbocycles. The zero-order valence-corrected chi connectivity index (χ0v) is 12.0. The van der Waals surface area contributed by atoms with Crippen molar-refractivity contribution >= 4 is 11.9 Å². The summed E-state index contributed by atoms with van der Waals surface area (Å²) in [6.45, 7) is 3.53. The molecular weight excluding hydrogens is 256 g/mol. The number of aromatic nitrogens is 3. The Bertz CT molecular complexity index is 589. The molecule has 20 heavy (non-hydrogen) atoms. The largest absolute Gasteiger partial charge is 0.364 e. The first-order valence-corrected chi connectivity index (χ1v) is 6.27. The topological polar surface area (TPSA) is 69.0 Å². The van der Waals surface area contributed by atoms with Crippen LogP contribution in [0.15, 0.2) is 30.3 Å². The van der Waals surface area contributed by atoms with Gasteiger partial charge >= 0.3 is 0 Å². The minimum absolute atomic E-state index is 0.272. The molecule has 0 saturated heterocycles. The molecule has 1 atom stereocenters. The van der Waals surface area contributed by atoms with Gasteiger partial charge in [0.25, 0.3) is 5.91 Å². The Morgan fingerprint density at radius 2 is 2.00 bits per heavy atom. The number of methoxy groups -OCH3 is 1. The smallest absolute Gasteiger partial charge is 0.263 e. The SMILES string of the molecule is CO[C@](C)(C(=O)Nc1nc(C)n(C)n1)c1ccccc1. The zero-order valence-electron chi connectivity index (χ0n) is 12.0. The summed E-state index contributed by atoms with van der Waals surface area (Å²) >= 11 is 0. The monoisotopic (exact) mass is 274 g/mol. The van der Waals surface area contributed by atoms with Gasteiger partial charge in [-0.05, 0) is 19.4 Å². The molecule has 2 rings (SSSR count). The molecule has 1 aromatic heterocycles. The van der Waals surface area contributed by atoms with Crippen LogP contribution >= 0.6 is 0 Å². The maximum Gasteiger partial charge on any atom is 0.263 e. The van der Waals surface area contributed by atoms with Crippen molar-refractivity contribution < 1.29 is 9.53 Å². The van der Waals surface area contributed by atoms with Crippen LogP contribution in [0.3, 0.4) is 0 Å². The molecule has 0 radical (unpaired) electrons. The van der Waals surface area contributed by atoms with Crippen molar-refractivity contribution in [3.8, 4) is 0 Å². The molecule has 0 bridgehead atoms. The highest BCUT2D eigenvalue weighted by atomic mass is 16.5. The van der Waals surface area contributed by atoms with Crippen molar-refractivity contribution in [2.75, 3.05) is 12.4 Å². The first kappa shape index (κ1) is 14.2. The zero-order chi connectivity index (χ0) is 14.8. The van der Waals surface area contributed by atoms with Crippen LogP contribution < -0.4 is 5.32 Å². The number of amides is 1. The van der Waals surface area contributed by atoms with Crippen LogP contribution in [0.25, 0.3) is 0 Å². The van der Waals surface area contributed by atoms with Crippen molar-refractivity contribution in [1.82, 2.24) is 14.8 Å².